The summed E-state index contributed by atoms with van der Waals surface area (Å²) in [5, 5.41) is 8.98. The van der Waals surface area contributed by atoms with Crippen molar-refractivity contribution >= 4 is 17.9 Å². The van der Waals surface area contributed by atoms with Gasteiger partial charge in [-0.05, 0) is 25.2 Å². The molecule has 0 unspecified atom stereocenters. The molecule has 0 aliphatic heterocycles. The Labute approximate surface area is 147 Å². The Morgan fingerprint density at radius 1 is 1.32 bits per heavy atom. The van der Waals surface area contributed by atoms with Gasteiger partial charge in [0.05, 0.1) is 6.20 Å². The Morgan fingerprint density at radius 2 is 2.04 bits per heavy atom. The SMILES string of the molecule is Cc1c(C(=O)OCC(=O)NC(=O)N[C@@H]2CCC[C@H](C)[C@H]2C)cnn1C. The fraction of sp³-hybridized carbons (Fsp3) is 0.647. The first kappa shape index (κ1) is 19.0. The number of ether oxygens (including phenoxy) is 1. The van der Waals surface area contributed by atoms with E-state index in [1.54, 1.807) is 14.0 Å². The highest BCUT2D eigenvalue weighted by Crippen LogP contribution is 2.29. The molecule has 8 nitrogen and oxygen atoms in total. The predicted molar refractivity (Wildman–Crippen MR) is 90.9 cm³/mol. The lowest BCUT2D eigenvalue weighted by Gasteiger charge is -2.34. The molecule has 1 heterocycles. The van der Waals surface area contributed by atoms with Crippen LogP contribution < -0.4 is 10.6 Å². The molecule has 1 aromatic rings. The van der Waals surface area contributed by atoms with E-state index in [9.17, 15) is 14.4 Å². The second-order valence-electron chi connectivity index (χ2n) is 6.74. The van der Waals surface area contributed by atoms with Gasteiger partial charge in [0.15, 0.2) is 6.61 Å². The van der Waals surface area contributed by atoms with E-state index in [0.29, 0.717) is 23.1 Å². The number of urea groups is 1. The van der Waals surface area contributed by atoms with E-state index in [-0.39, 0.29) is 6.04 Å². The number of rotatable bonds is 4. The van der Waals surface area contributed by atoms with Gasteiger partial charge in [-0.2, -0.15) is 5.10 Å². The normalized spacial score (nSPS) is 23.0. The van der Waals surface area contributed by atoms with E-state index < -0.39 is 24.5 Å². The number of carbonyl (C=O) groups is 3. The second kappa shape index (κ2) is 8.13. The Kier molecular flexibility index (Phi) is 6.17. The summed E-state index contributed by atoms with van der Waals surface area (Å²) in [4.78, 5) is 35.7. The van der Waals surface area contributed by atoms with Crippen molar-refractivity contribution < 1.29 is 19.1 Å². The molecule has 1 aliphatic carbocycles. The molecule has 0 bridgehead atoms. The van der Waals surface area contributed by atoms with E-state index in [1.807, 2.05) is 0 Å². The van der Waals surface area contributed by atoms with Crippen LogP contribution in [0.3, 0.4) is 0 Å². The molecule has 3 amide bonds. The molecule has 0 aromatic carbocycles. The molecular formula is C17H26N4O4. The number of nitrogens with zero attached hydrogens (tertiary/aromatic N) is 2. The molecule has 0 spiro atoms. The average molecular weight is 350 g/mol. The molecule has 3 atom stereocenters. The predicted octanol–water partition coefficient (Wildman–Crippen LogP) is 1.54. The van der Waals surface area contributed by atoms with Gasteiger partial charge in [-0.15, -0.1) is 0 Å². The third kappa shape index (κ3) is 4.80. The summed E-state index contributed by atoms with van der Waals surface area (Å²) in [6.45, 7) is 5.48. The molecule has 25 heavy (non-hydrogen) atoms. The third-order valence-corrected chi connectivity index (χ3v) is 5.07. The first-order chi connectivity index (χ1) is 11.8. The topological polar surface area (TPSA) is 102 Å². The van der Waals surface area contributed by atoms with Crippen molar-refractivity contribution in [2.45, 2.75) is 46.1 Å². The maximum absolute atomic E-state index is 11.9. The van der Waals surface area contributed by atoms with E-state index in [1.165, 1.54) is 10.9 Å². The second-order valence-corrected chi connectivity index (χ2v) is 6.74. The van der Waals surface area contributed by atoms with Crippen LogP contribution >= 0.6 is 0 Å². The van der Waals surface area contributed by atoms with Crippen LogP contribution in [-0.2, 0) is 16.6 Å². The molecule has 0 saturated heterocycles. The zero-order chi connectivity index (χ0) is 18.6. The number of hydrogen-bond donors (Lipinski definition) is 2. The van der Waals surface area contributed by atoms with Crippen molar-refractivity contribution in [2.24, 2.45) is 18.9 Å². The average Bonchev–Trinajstić information content (AvgIpc) is 2.89. The van der Waals surface area contributed by atoms with Crippen LogP contribution in [0.25, 0.3) is 0 Å². The minimum absolute atomic E-state index is 0.0529. The third-order valence-electron chi connectivity index (χ3n) is 5.07. The van der Waals surface area contributed by atoms with Crippen LogP contribution in [-0.4, -0.2) is 40.3 Å². The van der Waals surface area contributed by atoms with Crippen molar-refractivity contribution in [3.05, 3.63) is 17.5 Å². The highest BCUT2D eigenvalue weighted by molar-refractivity contribution is 5.97. The van der Waals surface area contributed by atoms with Crippen LogP contribution in [0.1, 0.15) is 49.2 Å². The van der Waals surface area contributed by atoms with Crippen LogP contribution in [0.5, 0.6) is 0 Å². The lowest BCUT2D eigenvalue weighted by Crippen LogP contribution is -2.49. The van der Waals surface area contributed by atoms with Gasteiger partial charge < -0.3 is 10.1 Å². The molecule has 1 aromatic heterocycles. The number of carbonyl (C=O) groups excluding carboxylic acids is 3. The highest BCUT2D eigenvalue weighted by Gasteiger charge is 2.28. The number of nitrogens with one attached hydrogen (secondary N) is 2. The van der Waals surface area contributed by atoms with E-state index >= 15 is 0 Å². The Morgan fingerprint density at radius 3 is 2.68 bits per heavy atom. The summed E-state index contributed by atoms with van der Waals surface area (Å²) in [6, 6.07) is -0.498. The lowest BCUT2D eigenvalue weighted by atomic mass is 9.78. The van der Waals surface area contributed by atoms with Gasteiger partial charge in [0.1, 0.15) is 5.56 Å². The zero-order valence-electron chi connectivity index (χ0n) is 15.2. The molecular weight excluding hydrogens is 324 g/mol. The van der Waals surface area contributed by atoms with Crippen molar-refractivity contribution in [3.63, 3.8) is 0 Å². The molecule has 8 heteroatoms. The van der Waals surface area contributed by atoms with Gasteiger partial charge in [0.2, 0.25) is 0 Å². The summed E-state index contributed by atoms with van der Waals surface area (Å²) in [6.07, 6.45) is 4.51. The smallest absolute Gasteiger partial charge is 0.342 e. The van der Waals surface area contributed by atoms with E-state index in [0.717, 1.165) is 19.3 Å². The van der Waals surface area contributed by atoms with Crippen LogP contribution in [0.15, 0.2) is 6.20 Å². The van der Waals surface area contributed by atoms with Crippen molar-refractivity contribution in [3.8, 4) is 0 Å². The summed E-state index contributed by atoms with van der Waals surface area (Å²) >= 11 is 0. The Balaban J connectivity index is 1.77. The Hall–Kier alpha value is -2.38. The summed E-state index contributed by atoms with van der Waals surface area (Å²) in [7, 11) is 1.70. The highest BCUT2D eigenvalue weighted by atomic mass is 16.5. The number of amides is 3. The van der Waals surface area contributed by atoms with Crippen molar-refractivity contribution in [1.82, 2.24) is 20.4 Å². The molecule has 2 rings (SSSR count). The number of aromatic nitrogens is 2. The Bertz CT molecular complexity index is 655. The first-order valence-electron chi connectivity index (χ1n) is 8.55. The molecule has 1 fully saturated rings. The minimum atomic E-state index is -0.663. The fourth-order valence-corrected chi connectivity index (χ4v) is 3.06. The number of imide groups is 1. The van der Waals surface area contributed by atoms with E-state index in [4.69, 9.17) is 4.74 Å². The monoisotopic (exact) mass is 350 g/mol. The van der Waals surface area contributed by atoms with Crippen molar-refractivity contribution in [1.29, 1.82) is 0 Å². The van der Waals surface area contributed by atoms with Gasteiger partial charge in [0.25, 0.3) is 5.91 Å². The minimum Gasteiger partial charge on any atom is -0.452 e. The van der Waals surface area contributed by atoms with E-state index in [2.05, 4.69) is 29.6 Å². The maximum Gasteiger partial charge on any atom is 0.342 e. The molecule has 1 saturated carbocycles. The molecule has 138 valence electrons. The first-order valence-corrected chi connectivity index (χ1v) is 8.55. The van der Waals surface area contributed by atoms with Gasteiger partial charge in [-0.1, -0.05) is 26.7 Å². The van der Waals surface area contributed by atoms with Gasteiger partial charge in [-0.3, -0.25) is 14.8 Å². The van der Waals surface area contributed by atoms with Crippen molar-refractivity contribution in [2.75, 3.05) is 6.61 Å². The lowest BCUT2D eigenvalue weighted by molar-refractivity contribution is -0.123. The zero-order valence-corrected chi connectivity index (χ0v) is 15.2. The molecule has 2 N–H and O–H groups in total. The summed E-state index contributed by atoms with van der Waals surface area (Å²) < 4.78 is 6.47. The summed E-state index contributed by atoms with van der Waals surface area (Å²) in [5.74, 6) is -0.404. The number of esters is 1. The van der Waals surface area contributed by atoms with Crippen LogP contribution in [0.2, 0.25) is 0 Å². The van der Waals surface area contributed by atoms with Crippen LogP contribution in [0.4, 0.5) is 4.79 Å². The quantitative estimate of drug-likeness (QED) is 0.802. The largest absolute Gasteiger partial charge is 0.452 e. The molecule has 1 aliphatic rings. The van der Waals surface area contributed by atoms with Gasteiger partial charge >= 0.3 is 12.0 Å². The standard InChI is InChI=1S/C17H26N4O4/c1-10-6-5-7-14(11(10)2)19-17(24)20-15(22)9-25-16(23)13-8-18-21(4)12(13)3/h8,10-11,14H,5-7,9H2,1-4H3,(H2,19,20,22,24)/t10-,11+,14+/m0/s1. The fourth-order valence-electron chi connectivity index (χ4n) is 3.06. The number of hydrogen-bond acceptors (Lipinski definition) is 5. The molecule has 0 radical (unpaired) electrons. The summed E-state index contributed by atoms with van der Waals surface area (Å²) in [5.41, 5.74) is 0.938. The maximum atomic E-state index is 11.9. The van der Waals surface area contributed by atoms with Gasteiger partial charge in [-0.25, -0.2) is 9.59 Å². The van der Waals surface area contributed by atoms with Gasteiger partial charge in [0, 0.05) is 18.8 Å². The number of aryl methyl sites for hydroxylation is 1. The van der Waals surface area contributed by atoms with Crippen LogP contribution in [0, 0.1) is 18.8 Å².